The lowest BCUT2D eigenvalue weighted by molar-refractivity contribution is -0.122. The van der Waals surface area contributed by atoms with Crippen LogP contribution in [0.4, 0.5) is 0 Å². The fourth-order valence-electron chi connectivity index (χ4n) is 5.23. The summed E-state index contributed by atoms with van der Waals surface area (Å²) >= 11 is 0. The summed E-state index contributed by atoms with van der Waals surface area (Å²) in [6.07, 6.45) is 8.03. The average molecular weight is 352 g/mol. The van der Waals surface area contributed by atoms with E-state index >= 15 is 0 Å². The number of carbonyl (C=O) groups excluding carboxylic acids is 1. The zero-order valence-corrected chi connectivity index (χ0v) is 16.1. The summed E-state index contributed by atoms with van der Waals surface area (Å²) in [6, 6.07) is 1.79. The molecule has 3 aliphatic heterocycles. The molecule has 3 rings (SSSR count). The Morgan fingerprint density at radius 2 is 1.80 bits per heavy atom. The number of nitrogens with zero attached hydrogens (tertiary/aromatic N) is 1. The topological polar surface area (TPSA) is 53.6 Å². The van der Waals surface area contributed by atoms with E-state index in [2.05, 4.69) is 29.4 Å². The van der Waals surface area contributed by atoms with Crippen LogP contribution >= 0.6 is 0 Å². The third kappa shape index (κ3) is 5.18. The van der Waals surface area contributed by atoms with E-state index in [1.807, 2.05) is 0 Å². The van der Waals surface area contributed by atoms with E-state index in [9.17, 15) is 4.79 Å². The number of piperidine rings is 1. The van der Waals surface area contributed by atoms with Gasteiger partial charge in [0.15, 0.2) is 0 Å². The number of rotatable bonds is 8. The van der Waals surface area contributed by atoms with Gasteiger partial charge in [-0.2, -0.15) is 0 Å². The Bertz CT molecular complexity index is 409. The number of nitrogens with one attached hydrogen (secondary N) is 2. The number of morpholine rings is 1. The summed E-state index contributed by atoms with van der Waals surface area (Å²) in [5, 5.41) is 6.95. The first kappa shape index (κ1) is 19.1. The van der Waals surface area contributed by atoms with Crippen molar-refractivity contribution in [1.82, 2.24) is 15.5 Å². The Kier molecular flexibility index (Phi) is 7.14. The molecule has 3 fully saturated rings. The number of ether oxygens (including phenoxy) is 1. The van der Waals surface area contributed by atoms with Crippen LogP contribution in [0.15, 0.2) is 0 Å². The molecule has 2 N–H and O–H groups in total. The van der Waals surface area contributed by atoms with Crippen molar-refractivity contribution in [3.05, 3.63) is 0 Å². The first-order chi connectivity index (χ1) is 12.2. The van der Waals surface area contributed by atoms with Gasteiger partial charge < -0.3 is 15.4 Å². The first-order valence-electron chi connectivity index (χ1n) is 10.5. The van der Waals surface area contributed by atoms with Crippen LogP contribution in [-0.4, -0.2) is 61.8 Å². The zero-order valence-electron chi connectivity index (χ0n) is 16.1. The number of amides is 1. The average Bonchev–Trinajstić information content (AvgIpc) is 2.97. The van der Waals surface area contributed by atoms with Crippen molar-refractivity contribution < 1.29 is 9.53 Å². The van der Waals surface area contributed by atoms with Crippen molar-refractivity contribution in [2.24, 2.45) is 11.8 Å². The van der Waals surface area contributed by atoms with Crippen LogP contribution in [0, 0.1) is 11.8 Å². The van der Waals surface area contributed by atoms with Crippen LogP contribution in [0.25, 0.3) is 0 Å². The summed E-state index contributed by atoms with van der Waals surface area (Å²) in [6.45, 7) is 8.97. The molecule has 0 aromatic heterocycles. The van der Waals surface area contributed by atoms with Gasteiger partial charge in [0, 0.05) is 44.2 Å². The highest BCUT2D eigenvalue weighted by Crippen LogP contribution is 2.32. The minimum Gasteiger partial charge on any atom is -0.379 e. The molecule has 0 aromatic carbocycles. The van der Waals surface area contributed by atoms with E-state index in [-0.39, 0.29) is 5.91 Å². The Balaban J connectivity index is 1.48. The minimum absolute atomic E-state index is 0.260. The Morgan fingerprint density at radius 1 is 1.16 bits per heavy atom. The van der Waals surface area contributed by atoms with Gasteiger partial charge in [0.1, 0.15) is 0 Å². The summed E-state index contributed by atoms with van der Waals surface area (Å²) in [5.41, 5.74) is 0. The van der Waals surface area contributed by atoms with E-state index in [1.165, 1.54) is 38.5 Å². The molecule has 3 unspecified atom stereocenters. The highest BCUT2D eigenvalue weighted by atomic mass is 16.5. The zero-order chi connectivity index (χ0) is 17.6. The maximum absolute atomic E-state index is 12.6. The highest BCUT2D eigenvalue weighted by molar-refractivity contribution is 5.76. The van der Waals surface area contributed by atoms with Gasteiger partial charge in [-0.15, -0.1) is 0 Å². The minimum atomic E-state index is 0.260. The van der Waals surface area contributed by atoms with Crippen molar-refractivity contribution in [2.45, 2.75) is 76.9 Å². The highest BCUT2D eigenvalue weighted by Gasteiger charge is 2.34. The first-order valence-corrected chi connectivity index (χ1v) is 10.5. The van der Waals surface area contributed by atoms with Crippen LogP contribution in [0.5, 0.6) is 0 Å². The Hall–Kier alpha value is -0.650. The second-order valence-electron chi connectivity index (χ2n) is 8.28. The second-order valence-corrected chi connectivity index (χ2v) is 8.28. The van der Waals surface area contributed by atoms with Gasteiger partial charge >= 0.3 is 0 Å². The number of hydrogen-bond acceptors (Lipinski definition) is 4. The molecule has 5 heteroatoms. The van der Waals surface area contributed by atoms with Gasteiger partial charge in [-0.1, -0.05) is 26.7 Å². The molecule has 5 nitrogen and oxygen atoms in total. The van der Waals surface area contributed by atoms with Gasteiger partial charge in [-0.05, 0) is 37.5 Å². The van der Waals surface area contributed by atoms with Crippen molar-refractivity contribution in [3.63, 3.8) is 0 Å². The van der Waals surface area contributed by atoms with Crippen molar-refractivity contribution in [3.8, 4) is 0 Å². The summed E-state index contributed by atoms with van der Waals surface area (Å²) in [7, 11) is 0. The van der Waals surface area contributed by atoms with Gasteiger partial charge in [0.25, 0.3) is 0 Å². The van der Waals surface area contributed by atoms with Gasteiger partial charge in [-0.25, -0.2) is 0 Å². The van der Waals surface area contributed by atoms with E-state index in [0.29, 0.717) is 36.4 Å². The van der Waals surface area contributed by atoms with Gasteiger partial charge in [0.2, 0.25) is 5.91 Å². The molecule has 3 atom stereocenters. The van der Waals surface area contributed by atoms with Gasteiger partial charge in [0.05, 0.1) is 13.2 Å². The molecule has 3 aliphatic rings. The van der Waals surface area contributed by atoms with E-state index in [1.54, 1.807) is 0 Å². The standard InChI is InChI=1S/C20H37N3O2/c1-3-16(4-2)19(23-7-9-25-10-8-23)14-21-20(24)13-15-11-17-5-6-18(12-15)22-17/h15-19,22H,3-14H2,1-2H3,(H,21,24). The number of carbonyl (C=O) groups is 1. The fraction of sp³-hybridized carbons (Fsp3) is 0.950. The smallest absolute Gasteiger partial charge is 0.220 e. The molecule has 25 heavy (non-hydrogen) atoms. The molecular weight excluding hydrogens is 314 g/mol. The van der Waals surface area contributed by atoms with Crippen molar-refractivity contribution in [2.75, 3.05) is 32.8 Å². The molecule has 0 spiro atoms. The third-order valence-corrected chi connectivity index (χ3v) is 6.66. The number of hydrogen-bond donors (Lipinski definition) is 2. The van der Waals surface area contributed by atoms with Crippen LogP contribution in [0.3, 0.4) is 0 Å². The van der Waals surface area contributed by atoms with Crippen LogP contribution in [0.1, 0.15) is 58.8 Å². The quantitative estimate of drug-likeness (QED) is 0.704. The molecule has 3 heterocycles. The predicted molar refractivity (Wildman–Crippen MR) is 101 cm³/mol. The predicted octanol–water partition coefficient (Wildman–Crippen LogP) is 2.16. The molecule has 144 valence electrons. The SMILES string of the molecule is CCC(CC)C(CNC(=O)CC1CC2CCC(C1)N2)N1CCOCC1. The Labute approximate surface area is 153 Å². The maximum Gasteiger partial charge on any atom is 0.220 e. The van der Waals surface area contributed by atoms with E-state index in [0.717, 1.165) is 32.8 Å². The van der Waals surface area contributed by atoms with Crippen LogP contribution < -0.4 is 10.6 Å². The Morgan fingerprint density at radius 3 is 2.40 bits per heavy atom. The monoisotopic (exact) mass is 351 g/mol. The molecule has 0 radical (unpaired) electrons. The molecule has 3 saturated heterocycles. The maximum atomic E-state index is 12.6. The molecule has 1 amide bonds. The summed E-state index contributed by atoms with van der Waals surface area (Å²) in [5.74, 6) is 1.48. The number of fused-ring (bicyclic) bond motifs is 2. The lowest BCUT2D eigenvalue weighted by Gasteiger charge is -2.39. The van der Waals surface area contributed by atoms with Crippen molar-refractivity contribution >= 4 is 5.91 Å². The summed E-state index contributed by atoms with van der Waals surface area (Å²) < 4.78 is 5.51. The normalized spacial score (nSPS) is 31.2. The lowest BCUT2D eigenvalue weighted by atomic mass is 9.89. The molecular formula is C20H37N3O2. The van der Waals surface area contributed by atoms with Crippen molar-refractivity contribution in [1.29, 1.82) is 0 Å². The third-order valence-electron chi connectivity index (χ3n) is 6.66. The summed E-state index contributed by atoms with van der Waals surface area (Å²) in [4.78, 5) is 15.1. The molecule has 0 aromatic rings. The fourth-order valence-corrected chi connectivity index (χ4v) is 5.23. The second kappa shape index (κ2) is 9.33. The lowest BCUT2D eigenvalue weighted by Crippen LogP contribution is -2.52. The van der Waals surface area contributed by atoms with Gasteiger partial charge in [-0.3, -0.25) is 9.69 Å². The van der Waals surface area contributed by atoms with Crippen LogP contribution in [0.2, 0.25) is 0 Å². The van der Waals surface area contributed by atoms with E-state index < -0.39 is 0 Å². The van der Waals surface area contributed by atoms with E-state index in [4.69, 9.17) is 4.74 Å². The molecule has 0 aliphatic carbocycles. The molecule has 2 bridgehead atoms. The molecule has 0 saturated carbocycles. The largest absolute Gasteiger partial charge is 0.379 e. The van der Waals surface area contributed by atoms with Crippen LogP contribution in [-0.2, 0) is 9.53 Å².